The van der Waals surface area contributed by atoms with Gasteiger partial charge in [0.1, 0.15) is 0 Å². The summed E-state index contributed by atoms with van der Waals surface area (Å²) in [5, 5.41) is 12.5. The Labute approximate surface area is 145 Å². The molecule has 1 aromatic rings. The van der Waals surface area contributed by atoms with Crippen molar-refractivity contribution in [2.24, 2.45) is 0 Å². The Balaban J connectivity index is 1.72. The number of piperidine rings is 1. The minimum absolute atomic E-state index is 0.277. The lowest BCUT2D eigenvalue weighted by molar-refractivity contribution is 0.240. The number of hydrogen-bond donors (Lipinski definition) is 2. The topological polar surface area (TPSA) is 35.5 Å². The molecule has 1 heterocycles. The van der Waals surface area contributed by atoms with Crippen molar-refractivity contribution in [1.82, 2.24) is 4.90 Å². The zero-order valence-electron chi connectivity index (χ0n) is 14.4. The molecular formula is C19H30N2OS. The monoisotopic (exact) mass is 334 g/mol. The van der Waals surface area contributed by atoms with E-state index >= 15 is 0 Å². The summed E-state index contributed by atoms with van der Waals surface area (Å²) >= 11 is 1.81. The predicted molar refractivity (Wildman–Crippen MR) is 101 cm³/mol. The van der Waals surface area contributed by atoms with E-state index in [0.29, 0.717) is 6.04 Å². The number of benzene rings is 1. The zero-order valence-corrected chi connectivity index (χ0v) is 15.2. The first kappa shape index (κ1) is 18.4. The molecule has 2 N–H and O–H groups in total. The molecule has 0 unspecified atom stereocenters. The first-order valence-electron chi connectivity index (χ1n) is 8.63. The van der Waals surface area contributed by atoms with Crippen LogP contribution in [0, 0.1) is 0 Å². The van der Waals surface area contributed by atoms with E-state index in [9.17, 15) is 0 Å². The Hall–Kier alpha value is -0.970. The molecule has 0 amide bonds. The number of nitrogens with one attached hydrogen (secondary N) is 1. The van der Waals surface area contributed by atoms with Crippen LogP contribution in [0.4, 0.5) is 5.69 Å². The minimum atomic E-state index is 0.277. The van der Waals surface area contributed by atoms with E-state index in [1.165, 1.54) is 42.1 Å². The second-order valence-corrected chi connectivity index (χ2v) is 7.62. The van der Waals surface area contributed by atoms with Crippen LogP contribution < -0.4 is 5.32 Å². The summed E-state index contributed by atoms with van der Waals surface area (Å²) in [5.74, 6) is 0.980. The molecule has 23 heavy (non-hydrogen) atoms. The predicted octanol–water partition coefficient (Wildman–Crippen LogP) is 4.00. The minimum Gasteiger partial charge on any atom is -0.396 e. The van der Waals surface area contributed by atoms with Gasteiger partial charge in [0, 0.05) is 48.6 Å². The Morgan fingerprint density at radius 2 is 1.96 bits per heavy atom. The van der Waals surface area contributed by atoms with Crippen LogP contribution in [0.1, 0.15) is 33.1 Å². The normalized spacial score (nSPS) is 16.3. The molecule has 1 aromatic carbocycles. The van der Waals surface area contributed by atoms with Crippen molar-refractivity contribution in [2.45, 2.75) is 44.0 Å². The molecule has 2 rings (SSSR count). The first-order valence-corrected chi connectivity index (χ1v) is 9.62. The number of likely N-dealkylation sites (tertiary alicyclic amines) is 1. The lowest BCUT2D eigenvalue weighted by atomic mass is 10.0. The third-order valence-corrected chi connectivity index (χ3v) is 5.24. The van der Waals surface area contributed by atoms with Crippen molar-refractivity contribution in [1.29, 1.82) is 0 Å². The summed E-state index contributed by atoms with van der Waals surface area (Å²) < 4.78 is 0. The zero-order chi connectivity index (χ0) is 16.5. The van der Waals surface area contributed by atoms with E-state index in [0.717, 1.165) is 18.7 Å². The largest absolute Gasteiger partial charge is 0.396 e. The number of rotatable bonds is 8. The lowest BCUT2D eigenvalue weighted by Gasteiger charge is -2.32. The first-order chi connectivity index (χ1) is 11.2. The van der Waals surface area contributed by atoms with Crippen LogP contribution in [-0.2, 0) is 0 Å². The highest BCUT2D eigenvalue weighted by atomic mass is 32.2. The van der Waals surface area contributed by atoms with Gasteiger partial charge in [-0.3, -0.25) is 4.90 Å². The van der Waals surface area contributed by atoms with Crippen molar-refractivity contribution in [2.75, 3.05) is 37.3 Å². The number of thioether (sulfide) groups is 1. The summed E-state index contributed by atoms with van der Waals surface area (Å²) in [4.78, 5) is 3.81. The van der Waals surface area contributed by atoms with Gasteiger partial charge in [0.2, 0.25) is 0 Å². The molecule has 128 valence electrons. The van der Waals surface area contributed by atoms with Crippen LogP contribution in [0.5, 0.6) is 0 Å². The summed E-state index contributed by atoms with van der Waals surface area (Å²) in [5.41, 5.74) is 2.63. The molecule has 0 spiro atoms. The average molecular weight is 335 g/mol. The maximum Gasteiger partial charge on any atom is 0.0439 e. The molecule has 4 heteroatoms. The maximum atomic E-state index is 8.82. The van der Waals surface area contributed by atoms with E-state index in [2.05, 4.69) is 54.4 Å². The smallest absolute Gasteiger partial charge is 0.0439 e. The third-order valence-electron chi connectivity index (χ3n) is 4.14. The van der Waals surface area contributed by atoms with Crippen molar-refractivity contribution in [3.05, 3.63) is 35.9 Å². The Kier molecular flexibility index (Phi) is 8.00. The molecule has 1 aliphatic heterocycles. The standard InChI is InChI=1S/C19H30N2OS/c1-16(2)8-11-21-12-9-18(10-13-21)20-17-4-6-19(7-5-17)23-15-3-14-22/h4-8,18,20,22H,3,9-15H2,1-2H3. The summed E-state index contributed by atoms with van der Waals surface area (Å²) in [6, 6.07) is 9.29. The van der Waals surface area contributed by atoms with Gasteiger partial charge in [-0.15, -0.1) is 11.8 Å². The molecular weight excluding hydrogens is 304 g/mol. The van der Waals surface area contributed by atoms with E-state index in [4.69, 9.17) is 5.11 Å². The van der Waals surface area contributed by atoms with E-state index in [1.807, 2.05) is 11.8 Å². The molecule has 1 aliphatic rings. The molecule has 0 aromatic heterocycles. The van der Waals surface area contributed by atoms with Gasteiger partial charge in [-0.05, 0) is 57.4 Å². The van der Waals surface area contributed by atoms with Gasteiger partial charge in [0.15, 0.2) is 0 Å². The molecule has 0 radical (unpaired) electrons. The maximum absolute atomic E-state index is 8.82. The van der Waals surface area contributed by atoms with Crippen LogP contribution in [0.25, 0.3) is 0 Å². The molecule has 0 bridgehead atoms. The number of aliphatic hydroxyl groups excluding tert-OH is 1. The summed E-state index contributed by atoms with van der Waals surface area (Å²) in [7, 11) is 0. The van der Waals surface area contributed by atoms with E-state index in [1.54, 1.807) is 0 Å². The van der Waals surface area contributed by atoms with Crippen LogP contribution >= 0.6 is 11.8 Å². The van der Waals surface area contributed by atoms with Gasteiger partial charge in [-0.1, -0.05) is 11.6 Å². The lowest BCUT2D eigenvalue weighted by Crippen LogP contribution is -2.39. The number of nitrogens with zero attached hydrogens (tertiary/aromatic N) is 1. The van der Waals surface area contributed by atoms with Crippen molar-refractivity contribution < 1.29 is 5.11 Å². The molecule has 1 fully saturated rings. The fourth-order valence-electron chi connectivity index (χ4n) is 2.71. The Morgan fingerprint density at radius 1 is 1.26 bits per heavy atom. The molecule has 0 atom stereocenters. The highest BCUT2D eigenvalue weighted by Crippen LogP contribution is 2.22. The second-order valence-electron chi connectivity index (χ2n) is 6.45. The van der Waals surface area contributed by atoms with Crippen molar-refractivity contribution >= 4 is 17.4 Å². The molecule has 3 nitrogen and oxygen atoms in total. The fourth-order valence-corrected chi connectivity index (χ4v) is 3.55. The highest BCUT2D eigenvalue weighted by Gasteiger charge is 2.18. The summed E-state index contributed by atoms with van der Waals surface area (Å²) in [6.07, 6.45) is 5.60. The molecule has 1 saturated heterocycles. The van der Waals surface area contributed by atoms with Crippen molar-refractivity contribution in [3.63, 3.8) is 0 Å². The number of hydrogen-bond acceptors (Lipinski definition) is 4. The highest BCUT2D eigenvalue weighted by molar-refractivity contribution is 7.99. The van der Waals surface area contributed by atoms with Crippen LogP contribution in [0.2, 0.25) is 0 Å². The Bertz CT molecular complexity index is 475. The molecule has 0 aliphatic carbocycles. The van der Waals surface area contributed by atoms with Gasteiger partial charge in [0.25, 0.3) is 0 Å². The number of aliphatic hydroxyl groups is 1. The number of anilines is 1. The van der Waals surface area contributed by atoms with E-state index in [-0.39, 0.29) is 6.61 Å². The van der Waals surface area contributed by atoms with Gasteiger partial charge in [-0.2, -0.15) is 0 Å². The third kappa shape index (κ3) is 6.98. The Morgan fingerprint density at radius 3 is 2.57 bits per heavy atom. The van der Waals surface area contributed by atoms with Crippen LogP contribution in [0.15, 0.2) is 40.8 Å². The quantitative estimate of drug-likeness (QED) is 0.428. The fraction of sp³-hybridized carbons (Fsp3) is 0.579. The van der Waals surface area contributed by atoms with Gasteiger partial charge in [0.05, 0.1) is 0 Å². The second kappa shape index (κ2) is 10.0. The van der Waals surface area contributed by atoms with Crippen molar-refractivity contribution in [3.8, 4) is 0 Å². The average Bonchev–Trinajstić information content (AvgIpc) is 2.56. The van der Waals surface area contributed by atoms with Crippen LogP contribution in [-0.4, -0.2) is 48.0 Å². The van der Waals surface area contributed by atoms with Crippen LogP contribution in [0.3, 0.4) is 0 Å². The molecule has 0 saturated carbocycles. The van der Waals surface area contributed by atoms with Gasteiger partial charge >= 0.3 is 0 Å². The van der Waals surface area contributed by atoms with E-state index < -0.39 is 0 Å². The summed E-state index contributed by atoms with van der Waals surface area (Å²) in [6.45, 7) is 8.06. The van der Waals surface area contributed by atoms with Gasteiger partial charge in [-0.25, -0.2) is 0 Å². The number of allylic oxidation sites excluding steroid dienone is 1. The SMILES string of the molecule is CC(C)=CCN1CCC(Nc2ccc(SCCCO)cc2)CC1. The van der Waals surface area contributed by atoms with Gasteiger partial charge < -0.3 is 10.4 Å².